The van der Waals surface area contributed by atoms with E-state index in [1.54, 1.807) is 72.8 Å². The van der Waals surface area contributed by atoms with Gasteiger partial charge in [0, 0.05) is 5.02 Å². The van der Waals surface area contributed by atoms with Crippen LogP contribution in [-0.2, 0) is 9.59 Å². The van der Waals surface area contributed by atoms with Crippen molar-refractivity contribution in [2.24, 2.45) is 0 Å². The molecular formula is C24H17ClN2O3S. The number of para-hydroxylation sites is 3. The molecule has 1 saturated heterocycles. The van der Waals surface area contributed by atoms with Gasteiger partial charge in [-0.25, -0.2) is 4.90 Å². The molecular weight excluding hydrogens is 432 g/mol. The number of hydrogen-bond donors (Lipinski definition) is 0. The predicted octanol–water partition coefficient (Wildman–Crippen LogP) is 5.10. The Morgan fingerprint density at radius 1 is 0.839 bits per heavy atom. The Morgan fingerprint density at radius 3 is 2.16 bits per heavy atom. The van der Waals surface area contributed by atoms with Gasteiger partial charge < -0.3 is 4.74 Å². The van der Waals surface area contributed by atoms with Gasteiger partial charge in [0.05, 0.1) is 18.5 Å². The Bertz CT molecular complexity index is 1210. The molecule has 0 spiro atoms. The van der Waals surface area contributed by atoms with E-state index in [4.69, 9.17) is 28.6 Å². The quantitative estimate of drug-likeness (QED) is 0.316. The zero-order valence-corrected chi connectivity index (χ0v) is 18.1. The van der Waals surface area contributed by atoms with Crippen LogP contribution in [0.4, 0.5) is 11.4 Å². The summed E-state index contributed by atoms with van der Waals surface area (Å²) in [5, 5.41) is 0.473. The molecule has 1 heterocycles. The smallest absolute Gasteiger partial charge is 0.270 e. The fourth-order valence-corrected chi connectivity index (χ4v) is 3.87. The van der Waals surface area contributed by atoms with Gasteiger partial charge >= 0.3 is 0 Å². The van der Waals surface area contributed by atoms with Crippen LogP contribution in [0.1, 0.15) is 5.56 Å². The van der Waals surface area contributed by atoms with Gasteiger partial charge in [-0.1, -0.05) is 60.1 Å². The van der Waals surface area contributed by atoms with Crippen LogP contribution in [-0.4, -0.2) is 24.0 Å². The lowest BCUT2D eigenvalue weighted by Gasteiger charge is -2.37. The van der Waals surface area contributed by atoms with Gasteiger partial charge in [0.15, 0.2) is 5.11 Å². The number of nitrogens with zero attached hydrogens (tertiary/aromatic N) is 2. The van der Waals surface area contributed by atoms with Crippen LogP contribution in [0.2, 0.25) is 5.02 Å². The van der Waals surface area contributed by atoms with Crippen molar-refractivity contribution in [3.8, 4) is 5.75 Å². The highest BCUT2D eigenvalue weighted by Crippen LogP contribution is 2.35. The van der Waals surface area contributed by atoms with Gasteiger partial charge in [0.25, 0.3) is 11.8 Å². The van der Waals surface area contributed by atoms with Crippen molar-refractivity contribution >= 4 is 58.2 Å². The molecule has 1 aliphatic rings. The minimum absolute atomic E-state index is 0.0435. The first-order valence-electron chi connectivity index (χ1n) is 9.40. The molecule has 0 unspecified atom stereocenters. The lowest BCUT2D eigenvalue weighted by atomic mass is 10.0. The number of carbonyl (C=O) groups is 2. The number of halogens is 1. The molecule has 0 radical (unpaired) electrons. The second kappa shape index (κ2) is 8.71. The van der Waals surface area contributed by atoms with Crippen molar-refractivity contribution in [1.82, 2.24) is 0 Å². The van der Waals surface area contributed by atoms with E-state index in [9.17, 15) is 9.59 Å². The first-order valence-corrected chi connectivity index (χ1v) is 10.2. The second-order valence-corrected chi connectivity index (χ2v) is 7.42. The van der Waals surface area contributed by atoms with E-state index >= 15 is 0 Å². The Morgan fingerprint density at radius 2 is 1.45 bits per heavy atom. The van der Waals surface area contributed by atoms with E-state index in [1.165, 1.54) is 23.0 Å². The summed E-state index contributed by atoms with van der Waals surface area (Å²) in [5.41, 5.74) is 1.49. The molecule has 2 amide bonds. The molecule has 0 aliphatic carbocycles. The normalized spacial score (nSPS) is 15.5. The van der Waals surface area contributed by atoms with Crippen LogP contribution in [0.15, 0.2) is 84.4 Å². The lowest BCUT2D eigenvalue weighted by Crippen LogP contribution is -2.57. The molecule has 31 heavy (non-hydrogen) atoms. The Hall–Kier alpha value is -3.48. The maximum atomic E-state index is 13.5. The summed E-state index contributed by atoms with van der Waals surface area (Å²) in [6.45, 7) is 0. The van der Waals surface area contributed by atoms with Crippen molar-refractivity contribution in [1.29, 1.82) is 0 Å². The van der Waals surface area contributed by atoms with Crippen LogP contribution in [0.3, 0.4) is 0 Å². The number of methoxy groups -OCH3 is 1. The van der Waals surface area contributed by atoms with Crippen LogP contribution in [0, 0.1) is 0 Å². The number of ether oxygens (including phenoxy) is 1. The Labute approximate surface area is 190 Å². The zero-order chi connectivity index (χ0) is 22.0. The molecule has 154 valence electrons. The fraction of sp³-hybridized carbons (Fsp3) is 0.0417. The Balaban J connectivity index is 1.92. The van der Waals surface area contributed by atoms with Gasteiger partial charge in [-0.2, -0.15) is 0 Å². The van der Waals surface area contributed by atoms with Crippen LogP contribution >= 0.6 is 23.8 Å². The summed E-state index contributed by atoms with van der Waals surface area (Å²) < 4.78 is 5.44. The minimum Gasteiger partial charge on any atom is -0.495 e. The molecule has 0 saturated carbocycles. The van der Waals surface area contributed by atoms with E-state index in [2.05, 4.69) is 0 Å². The highest BCUT2D eigenvalue weighted by Gasteiger charge is 2.42. The standard InChI is InChI=1S/C24H17ClN2O3S/c1-30-21-14-8-7-13-20(21)27-23(29)18(15-16-9-5-6-12-19(16)25)22(28)26(24(27)31)17-10-3-2-4-11-17/h2-15H,1H3. The number of amides is 2. The minimum atomic E-state index is -0.549. The third-order valence-electron chi connectivity index (χ3n) is 4.80. The monoisotopic (exact) mass is 448 g/mol. The number of benzene rings is 3. The van der Waals surface area contributed by atoms with Crippen molar-refractivity contribution in [2.75, 3.05) is 16.9 Å². The number of thiocarbonyl (C=S) groups is 1. The largest absolute Gasteiger partial charge is 0.495 e. The van der Waals surface area contributed by atoms with E-state index in [0.29, 0.717) is 27.7 Å². The number of hydrogen-bond acceptors (Lipinski definition) is 4. The molecule has 0 N–H and O–H groups in total. The molecule has 0 bridgehead atoms. The van der Waals surface area contributed by atoms with Crippen LogP contribution in [0.25, 0.3) is 6.08 Å². The molecule has 7 heteroatoms. The summed E-state index contributed by atoms with van der Waals surface area (Å²) in [4.78, 5) is 29.6. The van der Waals surface area contributed by atoms with Crippen molar-refractivity contribution in [2.45, 2.75) is 0 Å². The first-order chi connectivity index (χ1) is 15.0. The number of rotatable bonds is 4. The lowest BCUT2D eigenvalue weighted by molar-refractivity contribution is -0.120. The van der Waals surface area contributed by atoms with E-state index in [0.717, 1.165) is 0 Å². The number of carbonyl (C=O) groups excluding carboxylic acids is 2. The van der Waals surface area contributed by atoms with Gasteiger partial charge in [0.2, 0.25) is 0 Å². The fourth-order valence-electron chi connectivity index (χ4n) is 3.31. The molecule has 3 aromatic rings. The summed E-state index contributed by atoms with van der Waals surface area (Å²) in [5.74, 6) is -0.614. The summed E-state index contributed by atoms with van der Waals surface area (Å²) in [7, 11) is 1.51. The third-order valence-corrected chi connectivity index (χ3v) is 5.50. The zero-order valence-electron chi connectivity index (χ0n) is 16.5. The van der Waals surface area contributed by atoms with Gasteiger partial charge in [-0.05, 0) is 54.2 Å². The molecule has 0 atom stereocenters. The van der Waals surface area contributed by atoms with Crippen LogP contribution < -0.4 is 14.5 Å². The van der Waals surface area contributed by atoms with Gasteiger partial charge in [-0.3, -0.25) is 14.5 Å². The third kappa shape index (κ3) is 3.83. The predicted molar refractivity (Wildman–Crippen MR) is 126 cm³/mol. The molecule has 4 rings (SSSR count). The highest BCUT2D eigenvalue weighted by atomic mass is 35.5. The number of anilines is 2. The summed E-state index contributed by atoms with van der Waals surface area (Å²) >= 11 is 11.9. The van der Waals surface area contributed by atoms with E-state index < -0.39 is 11.8 Å². The molecule has 1 aliphatic heterocycles. The molecule has 3 aromatic carbocycles. The molecule has 1 fully saturated rings. The van der Waals surface area contributed by atoms with Crippen molar-refractivity contribution in [3.05, 3.63) is 95.0 Å². The Kier molecular flexibility index (Phi) is 5.84. The summed E-state index contributed by atoms with van der Waals surface area (Å²) in [6.07, 6.45) is 1.49. The van der Waals surface area contributed by atoms with Gasteiger partial charge in [-0.15, -0.1) is 0 Å². The van der Waals surface area contributed by atoms with Crippen LogP contribution in [0.5, 0.6) is 5.75 Å². The van der Waals surface area contributed by atoms with Crippen molar-refractivity contribution in [3.63, 3.8) is 0 Å². The topological polar surface area (TPSA) is 49.9 Å². The second-order valence-electron chi connectivity index (χ2n) is 6.65. The van der Waals surface area contributed by atoms with Crippen molar-refractivity contribution < 1.29 is 14.3 Å². The first kappa shape index (κ1) is 20.8. The maximum absolute atomic E-state index is 13.5. The van der Waals surface area contributed by atoms with E-state index in [1.807, 2.05) is 6.07 Å². The SMILES string of the molecule is COc1ccccc1N1C(=O)C(=Cc2ccccc2Cl)C(=O)N(c2ccccc2)C1=S. The maximum Gasteiger partial charge on any atom is 0.270 e. The molecule has 5 nitrogen and oxygen atoms in total. The molecule has 0 aromatic heterocycles. The highest BCUT2D eigenvalue weighted by molar-refractivity contribution is 7.81. The summed E-state index contributed by atoms with van der Waals surface area (Å²) in [6, 6.07) is 23.0. The van der Waals surface area contributed by atoms with Gasteiger partial charge in [0.1, 0.15) is 11.3 Å². The average Bonchev–Trinajstić information content (AvgIpc) is 2.79. The average molecular weight is 449 g/mol. The van der Waals surface area contributed by atoms with E-state index in [-0.39, 0.29) is 10.7 Å².